The number of hydrogen-bond acceptors (Lipinski definition) is 0. The summed E-state index contributed by atoms with van der Waals surface area (Å²) in [6.07, 6.45) is 6.50. The van der Waals surface area contributed by atoms with Crippen LogP contribution in [0.25, 0.3) is 0 Å². The third kappa shape index (κ3) is 4.38. The zero-order chi connectivity index (χ0) is 9.56. The van der Waals surface area contributed by atoms with Gasteiger partial charge in [0.2, 0.25) is 0 Å². The van der Waals surface area contributed by atoms with Crippen molar-refractivity contribution in [3.63, 3.8) is 0 Å². The Balaban J connectivity index is 3.93. The Hall–Kier alpha value is -0.520. The van der Waals surface area contributed by atoms with Crippen LogP contribution in [-0.2, 0) is 0 Å². The molecule has 0 aromatic carbocycles. The van der Waals surface area contributed by atoms with Crippen molar-refractivity contribution in [3.8, 4) is 0 Å². The Morgan fingerprint density at radius 2 is 2.08 bits per heavy atom. The summed E-state index contributed by atoms with van der Waals surface area (Å²) < 4.78 is 0. The molecular weight excluding hydrogens is 144 g/mol. The van der Waals surface area contributed by atoms with Crippen molar-refractivity contribution >= 4 is 0 Å². The van der Waals surface area contributed by atoms with Crippen LogP contribution in [-0.4, -0.2) is 0 Å². The molecule has 0 saturated carbocycles. The van der Waals surface area contributed by atoms with Crippen LogP contribution < -0.4 is 0 Å². The average Bonchev–Trinajstić information content (AvgIpc) is 2.03. The summed E-state index contributed by atoms with van der Waals surface area (Å²) in [7, 11) is 0. The van der Waals surface area contributed by atoms with Gasteiger partial charge < -0.3 is 0 Å². The van der Waals surface area contributed by atoms with Crippen molar-refractivity contribution in [1.29, 1.82) is 0 Å². The summed E-state index contributed by atoms with van der Waals surface area (Å²) in [5.74, 6) is 1.31. The van der Waals surface area contributed by atoms with Crippen LogP contribution in [0.15, 0.2) is 24.3 Å². The van der Waals surface area contributed by atoms with E-state index in [9.17, 15) is 0 Å². The Labute approximate surface area is 77.4 Å². The van der Waals surface area contributed by atoms with Gasteiger partial charge in [-0.05, 0) is 38.5 Å². The molecule has 0 bridgehead atoms. The summed E-state index contributed by atoms with van der Waals surface area (Å²) in [4.78, 5) is 0. The Morgan fingerprint density at radius 1 is 1.50 bits per heavy atom. The van der Waals surface area contributed by atoms with E-state index in [0.29, 0.717) is 11.8 Å². The lowest BCUT2D eigenvalue weighted by molar-refractivity contribution is 0.482. The molecular formula is C12H21. The van der Waals surface area contributed by atoms with Crippen LogP contribution in [0.3, 0.4) is 0 Å². The van der Waals surface area contributed by atoms with E-state index in [1.165, 1.54) is 18.4 Å². The minimum Gasteiger partial charge on any atom is -0.0999 e. The van der Waals surface area contributed by atoms with E-state index in [2.05, 4.69) is 40.3 Å². The fraction of sp³-hybridized carbons (Fsp3) is 0.583. The minimum atomic E-state index is 0.631. The fourth-order valence-corrected chi connectivity index (χ4v) is 1.23. The first-order chi connectivity index (χ1) is 5.61. The van der Waals surface area contributed by atoms with Gasteiger partial charge in [-0.3, -0.25) is 0 Å². The predicted octanol–water partition coefficient (Wildman–Crippen LogP) is 4.01. The zero-order valence-electron chi connectivity index (χ0n) is 8.64. The van der Waals surface area contributed by atoms with Gasteiger partial charge in [-0.25, -0.2) is 0 Å². The third-order valence-electron chi connectivity index (χ3n) is 2.43. The summed E-state index contributed by atoms with van der Waals surface area (Å²) >= 11 is 0. The average molecular weight is 165 g/mol. The van der Waals surface area contributed by atoms with Crippen LogP contribution in [0.4, 0.5) is 0 Å². The second-order valence-electron chi connectivity index (χ2n) is 3.58. The van der Waals surface area contributed by atoms with Crippen LogP contribution in [0.5, 0.6) is 0 Å². The lowest BCUT2D eigenvalue weighted by atomic mass is 9.90. The highest BCUT2D eigenvalue weighted by Crippen LogP contribution is 2.21. The van der Waals surface area contributed by atoms with Crippen molar-refractivity contribution in [1.82, 2.24) is 0 Å². The van der Waals surface area contributed by atoms with E-state index < -0.39 is 0 Å². The maximum atomic E-state index is 3.96. The van der Waals surface area contributed by atoms with E-state index in [1.54, 1.807) is 0 Å². The van der Waals surface area contributed by atoms with Gasteiger partial charge in [0, 0.05) is 0 Å². The third-order valence-corrected chi connectivity index (χ3v) is 2.43. The van der Waals surface area contributed by atoms with E-state index in [0.717, 1.165) is 0 Å². The molecule has 0 N–H and O–H groups in total. The van der Waals surface area contributed by atoms with Crippen LogP contribution >= 0.6 is 0 Å². The molecule has 0 saturated heterocycles. The first kappa shape index (κ1) is 11.5. The highest BCUT2D eigenvalue weighted by Gasteiger charge is 2.08. The maximum Gasteiger partial charge on any atom is -0.0231 e. The SMILES string of the molecule is [CH2]C=CC(CC)CC(C)C(=C)C. The maximum absolute atomic E-state index is 3.96. The van der Waals surface area contributed by atoms with Gasteiger partial charge in [-0.1, -0.05) is 38.2 Å². The first-order valence-corrected chi connectivity index (χ1v) is 4.73. The van der Waals surface area contributed by atoms with Gasteiger partial charge in [0.05, 0.1) is 0 Å². The summed E-state index contributed by atoms with van der Waals surface area (Å²) in [6, 6.07) is 0. The van der Waals surface area contributed by atoms with E-state index in [-0.39, 0.29) is 0 Å². The molecule has 2 unspecified atom stereocenters. The van der Waals surface area contributed by atoms with Crippen molar-refractivity contribution in [2.75, 3.05) is 0 Å². The molecule has 0 spiro atoms. The van der Waals surface area contributed by atoms with Gasteiger partial charge in [-0.15, -0.1) is 0 Å². The molecule has 0 heteroatoms. The molecule has 1 radical (unpaired) electrons. The van der Waals surface area contributed by atoms with Gasteiger partial charge in [0.15, 0.2) is 0 Å². The lowest BCUT2D eigenvalue weighted by Crippen LogP contribution is -2.03. The molecule has 0 aromatic rings. The smallest absolute Gasteiger partial charge is 0.0231 e. The van der Waals surface area contributed by atoms with Crippen molar-refractivity contribution in [2.24, 2.45) is 11.8 Å². The second-order valence-corrected chi connectivity index (χ2v) is 3.58. The molecule has 0 aliphatic rings. The molecule has 0 nitrogen and oxygen atoms in total. The largest absolute Gasteiger partial charge is 0.0999 e. The van der Waals surface area contributed by atoms with Crippen LogP contribution in [0.2, 0.25) is 0 Å². The number of rotatable bonds is 5. The monoisotopic (exact) mass is 165 g/mol. The number of allylic oxidation sites excluding steroid dienone is 3. The lowest BCUT2D eigenvalue weighted by Gasteiger charge is -2.16. The van der Waals surface area contributed by atoms with Crippen molar-refractivity contribution in [2.45, 2.75) is 33.6 Å². The standard InChI is InChI=1S/C12H21/c1-6-8-12(7-2)9-11(5)10(3)4/h6,8,11-12H,1,3,7,9H2,2,4-5H3. The summed E-state index contributed by atoms with van der Waals surface area (Å²) in [5, 5.41) is 0. The molecule has 0 aliphatic heterocycles. The molecule has 0 fully saturated rings. The minimum absolute atomic E-state index is 0.631. The van der Waals surface area contributed by atoms with Crippen LogP contribution in [0, 0.1) is 18.8 Å². The molecule has 0 aromatic heterocycles. The molecule has 2 atom stereocenters. The van der Waals surface area contributed by atoms with Gasteiger partial charge in [-0.2, -0.15) is 0 Å². The molecule has 12 heavy (non-hydrogen) atoms. The number of hydrogen-bond donors (Lipinski definition) is 0. The summed E-state index contributed by atoms with van der Waals surface area (Å²) in [5.41, 5.74) is 1.28. The van der Waals surface area contributed by atoms with Gasteiger partial charge in [0.1, 0.15) is 0 Å². The Morgan fingerprint density at radius 3 is 2.42 bits per heavy atom. The van der Waals surface area contributed by atoms with Gasteiger partial charge in [0.25, 0.3) is 0 Å². The molecule has 0 amide bonds. The zero-order valence-corrected chi connectivity index (χ0v) is 8.64. The Kier molecular flexibility index (Phi) is 5.79. The van der Waals surface area contributed by atoms with E-state index >= 15 is 0 Å². The topological polar surface area (TPSA) is 0 Å². The molecule has 0 rings (SSSR count). The van der Waals surface area contributed by atoms with E-state index in [1.807, 2.05) is 6.08 Å². The Bertz CT molecular complexity index is 153. The van der Waals surface area contributed by atoms with Gasteiger partial charge >= 0.3 is 0 Å². The summed E-state index contributed by atoms with van der Waals surface area (Å²) in [6.45, 7) is 14.2. The predicted molar refractivity (Wildman–Crippen MR) is 56.9 cm³/mol. The molecule has 0 heterocycles. The molecule has 0 aliphatic carbocycles. The second kappa shape index (κ2) is 6.05. The van der Waals surface area contributed by atoms with Crippen molar-refractivity contribution in [3.05, 3.63) is 31.2 Å². The highest BCUT2D eigenvalue weighted by molar-refractivity contribution is 4.98. The normalized spacial score (nSPS) is 16.3. The molecule has 69 valence electrons. The quantitative estimate of drug-likeness (QED) is 0.540. The van der Waals surface area contributed by atoms with Crippen LogP contribution in [0.1, 0.15) is 33.6 Å². The highest BCUT2D eigenvalue weighted by atomic mass is 14.1. The van der Waals surface area contributed by atoms with Crippen molar-refractivity contribution < 1.29 is 0 Å². The first-order valence-electron chi connectivity index (χ1n) is 4.73. The van der Waals surface area contributed by atoms with E-state index in [4.69, 9.17) is 0 Å². The fourth-order valence-electron chi connectivity index (χ4n) is 1.23.